The Labute approximate surface area is 203 Å². The Morgan fingerprint density at radius 1 is 1.06 bits per heavy atom. The fourth-order valence-corrected chi connectivity index (χ4v) is 3.14. The van der Waals surface area contributed by atoms with E-state index in [1.165, 1.54) is 23.7 Å². The van der Waals surface area contributed by atoms with E-state index in [1.54, 1.807) is 48.5 Å². The fraction of sp³-hybridized carbons (Fsp3) is 0.0870. The molecule has 0 atom stereocenters. The number of ether oxygens (including phenoxy) is 1. The Morgan fingerprint density at radius 3 is 2.40 bits per heavy atom. The van der Waals surface area contributed by atoms with Crippen molar-refractivity contribution in [1.29, 1.82) is 0 Å². The van der Waals surface area contributed by atoms with Gasteiger partial charge in [0.25, 0.3) is 5.91 Å². The maximum atomic E-state index is 12.8. The average molecular weight is 492 g/mol. The minimum Gasteiger partial charge on any atom is -0.438 e. The van der Waals surface area contributed by atoms with Crippen LogP contribution in [0.25, 0.3) is 0 Å². The molecule has 4 rings (SSSR count). The van der Waals surface area contributed by atoms with Gasteiger partial charge in [0.1, 0.15) is 5.75 Å². The summed E-state index contributed by atoms with van der Waals surface area (Å²) in [6.07, 6.45) is 0. The zero-order valence-electron chi connectivity index (χ0n) is 18.4. The number of rotatable bonds is 7. The Balaban J connectivity index is 1.54. The van der Waals surface area contributed by atoms with E-state index in [-0.39, 0.29) is 24.1 Å². The number of aromatic nitrogens is 5. The number of aliphatic imine (C=N–C) groups is 1. The first kappa shape index (κ1) is 23.5. The van der Waals surface area contributed by atoms with Gasteiger partial charge in [0.2, 0.25) is 11.8 Å². The van der Waals surface area contributed by atoms with E-state index in [9.17, 15) is 14.4 Å². The van der Waals surface area contributed by atoms with Gasteiger partial charge in [0.05, 0.1) is 6.54 Å². The van der Waals surface area contributed by atoms with Crippen LogP contribution in [0.3, 0.4) is 0 Å². The van der Waals surface area contributed by atoms with Crippen LogP contribution in [0.5, 0.6) is 11.6 Å². The van der Waals surface area contributed by atoms with E-state index < -0.39 is 17.3 Å². The zero-order chi connectivity index (χ0) is 24.9. The molecule has 1 amide bonds. The van der Waals surface area contributed by atoms with Gasteiger partial charge in [-0.2, -0.15) is 4.98 Å². The van der Waals surface area contributed by atoms with Crippen molar-refractivity contribution in [2.75, 3.05) is 5.32 Å². The van der Waals surface area contributed by atoms with Gasteiger partial charge in [0.15, 0.2) is 5.69 Å². The van der Waals surface area contributed by atoms with Crippen molar-refractivity contribution in [3.63, 3.8) is 0 Å². The van der Waals surface area contributed by atoms with Gasteiger partial charge in [-0.1, -0.05) is 23.7 Å². The molecule has 0 bridgehead atoms. The van der Waals surface area contributed by atoms with Crippen molar-refractivity contribution >= 4 is 35.9 Å². The SMILES string of the molecule is C=NC(=O)c1ccc(Oc2ccc(Nc3nc(=O)n(C)c(=O)n3Cc3ccc(Cl)cc3)cc2)nn1. The lowest BCUT2D eigenvalue weighted by molar-refractivity contribution is 0.0998. The molecule has 12 heteroatoms. The molecule has 0 aliphatic heterocycles. The number of halogens is 1. The molecule has 11 nitrogen and oxygen atoms in total. The highest BCUT2D eigenvalue weighted by Gasteiger charge is 2.12. The Morgan fingerprint density at radius 2 is 1.77 bits per heavy atom. The average Bonchev–Trinajstić information content (AvgIpc) is 2.87. The molecule has 4 aromatic rings. The topological polar surface area (TPSA) is 133 Å². The van der Waals surface area contributed by atoms with Gasteiger partial charge in [-0.3, -0.25) is 9.36 Å². The number of carbonyl (C=O) groups excluding carboxylic acids is 1. The summed E-state index contributed by atoms with van der Waals surface area (Å²) in [7, 11) is 1.37. The van der Waals surface area contributed by atoms with Crippen LogP contribution in [-0.2, 0) is 13.6 Å². The Kier molecular flexibility index (Phi) is 6.78. The predicted molar refractivity (Wildman–Crippen MR) is 130 cm³/mol. The summed E-state index contributed by atoms with van der Waals surface area (Å²) in [6.45, 7) is 3.34. The first-order valence-electron chi connectivity index (χ1n) is 10.2. The van der Waals surface area contributed by atoms with Gasteiger partial charge >= 0.3 is 11.4 Å². The van der Waals surface area contributed by atoms with Crippen LogP contribution in [0.1, 0.15) is 16.1 Å². The molecule has 0 aliphatic rings. The normalized spacial score (nSPS) is 10.6. The largest absolute Gasteiger partial charge is 0.438 e. The second kappa shape index (κ2) is 10.1. The summed E-state index contributed by atoms with van der Waals surface area (Å²) in [4.78, 5) is 43.7. The second-order valence-corrected chi connectivity index (χ2v) is 7.68. The quantitative estimate of drug-likeness (QED) is 0.390. The van der Waals surface area contributed by atoms with Gasteiger partial charge in [-0.25, -0.2) is 19.1 Å². The molecular formula is C23H18ClN7O4. The van der Waals surface area contributed by atoms with Crippen LogP contribution in [-0.4, -0.2) is 36.9 Å². The summed E-state index contributed by atoms with van der Waals surface area (Å²) in [6, 6.07) is 16.6. The second-order valence-electron chi connectivity index (χ2n) is 7.24. The van der Waals surface area contributed by atoms with Gasteiger partial charge in [-0.05, 0) is 54.7 Å². The van der Waals surface area contributed by atoms with Crippen LogP contribution < -0.4 is 21.4 Å². The number of carbonyl (C=O) groups is 1. The van der Waals surface area contributed by atoms with E-state index in [0.717, 1.165) is 10.1 Å². The van der Waals surface area contributed by atoms with Crippen LogP contribution in [0.15, 0.2) is 75.2 Å². The lowest BCUT2D eigenvalue weighted by atomic mass is 10.2. The standard InChI is InChI=1S/C23H18ClN7O4/c1-25-20(32)18-11-12-19(29-28-18)35-17-9-7-16(8-10-17)26-21-27-22(33)30(2)23(34)31(21)13-14-3-5-15(24)6-4-14/h3-12H,1,13H2,2H3,(H,26,27,33). The number of nitrogens with one attached hydrogen (secondary N) is 1. The van der Waals surface area contributed by atoms with Crippen molar-refractivity contribution in [1.82, 2.24) is 24.3 Å². The number of hydrogen-bond acceptors (Lipinski definition) is 8. The van der Waals surface area contributed by atoms with Crippen molar-refractivity contribution < 1.29 is 9.53 Å². The highest BCUT2D eigenvalue weighted by Crippen LogP contribution is 2.23. The molecule has 2 heterocycles. The van der Waals surface area contributed by atoms with E-state index in [4.69, 9.17) is 16.3 Å². The summed E-state index contributed by atoms with van der Waals surface area (Å²) < 4.78 is 7.91. The summed E-state index contributed by atoms with van der Waals surface area (Å²) >= 11 is 5.94. The van der Waals surface area contributed by atoms with Crippen molar-refractivity contribution in [2.24, 2.45) is 12.0 Å². The van der Waals surface area contributed by atoms with Crippen molar-refractivity contribution in [3.05, 3.63) is 97.9 Å². The van der Waals surface area contributed by atoms with E-state index in [1.807, 2.05) is 0 Å². The third-order valence-electron chi connectivity index (χ3n) is 4.85. The van der Waals surface area contributed by atoms with Gasteiger partial charge in [0, 0.05) is 23.8 Å². The Bertz CT molecular complexity index is 1500. The maximum Gasteiger partial charge on any atom is 0.354 e. The number of amides is 1. The molecule has 2 aromatic heterocycles. The number of nitrogens with zero attached hydrogens (tertiary/aromatic N) is 6. The summed E-state index contributed by atoms with van der Waals surface area (Å²) in [5.41, 5.74) is 0.220. The van der Waals surface area contributed by atoms with Crippen LogP contribution in [0.4, 0.5) is 11.6 Å². The van der Waals surface area contributed by atoms with E-state index in [0.29, 0.717) is 16.5 Å². The fourth-order valence-electron chi connectivity index (χ4n) is 3.02. The van der Waals surface area contributed by atoms with Crippen LogP contribution in [0, 0.1) is 0 Å². The molecule has 176 valence electrons. The molecule has 35 heavy (non-hydrogen) atoms. The third kappa shape index (κ3) is 5.47. The molecule has 0 aliphatic carbocycles. The molecule has 1 N–H and O–H groups in total. The lowest BCUT2D eigenvalue weighted by Gasteiger charge is -2.14. The van der Waals surface area contributed by atoms with Crippen molar-refractivity contribution in [3.8, 4) is 11.6 Å². The van der Waals surface area contributed by atoms with Crippen LogP contribution >= 0.6 is 11.6 Å². The molecule has 0 saturated heterocycles. The molecule has 0 saturated carbocycles. The van der Waals surface area contributed by atoms with Crippen molar-refractivity contribution in [2.45, 2.75) is 6.54 Å². The van der Waals surface area contributed by atoms with E-state index in [2.05, 4.69) is 32.2 Å². The molecule has 0 radical (unpaired) electrons. The zero-order valence-corrected chi connectivity index (χ0v) is 19.1. The Hall–Kier alpha value is -4.64. The van der Waals surface area contributed by atoms with Gasteiger partial charge < -0.3 is 10.1 Å². The minimum absolute atomic E-state index is 0.0537. The lowest BCUT2D eigenvalue weighted by Crippen LogP contribution is -2.41. The smallest absolute Gasteiger partial charge is 0.354 e. The summed E-state index contributed by atoms with van der Waals surface area (Å²) in [5, 5.41) is 11.1. The monoisotopic (exact) mass is 491 g/mol. The predicted octanol–water partition coefficient (Wildman–Crippen LogP) is 2.81. The number of benzene rings is 2. The molecule has 0 spiro atoms. The first-order valence-corrected chi connectivity index (χ1v) is 10.5. The van der Waals surface area contributed by atoms with E-state index >= 15 is 0 Å². The maximum absolute atomic E-state index is 12.8. The third-order valence-corrected chi connectivity index (χ3v) is 5.10. The minimum atomic E-state index is -0.683. The molecule has 0 fully saturated rings. The molecular weight excluding hydrogens is 474 g/mol. The highest BCUT2D eigenvalue weighted by molar-refractivity contribution is 6.30. The highest BCUT2D eigenvalue weighted by atomic mass is 35.5. The van der Waals surface area contributed by atoms with Gasteiger partial charge in [-0.15, -0.1) is 10.2 Å². The molecule has 2 aromatic carbocycles. The summed E-state index contributed by atoms with van der Waals surface area (Å²) in [5.74, 6) is 0.125. The number of hydrogen-bond donors (Lipinski definition) is 1. The molecule has 0 unspecified atom stereocenters. The number of anilines is 2. The first-order chi connectivity index (χ1) is 16.8. The van der Waals surface area contributed by atoms with Crippen LogP contribution in [0.2, 0.25) is 5.02 Å².